The van der Waals surface area contributed by atoms with Gasteiger partial charge in [-0.1, -0.05) is 20.8 Å². The van der Waals surface area contributed by atoms with Gasteiger partial charge >= 0.3 is 0 Å². The maximum atomic E-state index is 12.7. The first-order valence-electron chi connectivity index (χ1n) is 8.26. The Hall–Kier alpha value is -0.170. The minimum Gasteiger partial charge on any atom is -0.378 e. The molecule has 124 valence electrons. The fraction of sp³-hybridized carbons (Fsp3) is 1.00. The zero-order valence-corrected chi connectivity index (χ0v) is 14.4. The van der Waals surface area contributed by atoms with Gasteiger partial charge in [-0.2, -0.15) is 17.0 Å². The molecule has 0 aromatic heterocycles. The van der Waals surface area contributed by atoms with Crippen LogP contribution in [0.2, 0.25) is 0 Å². The Kier molecular flexibility index (Phi) is 6.05. The van der Waals surface area contributed by atoms with Crippen LogP contribution in [-0.2, 0) is 14.9 Å². The molecule has 2 aliphatic heterocycles. The van der Waals surface area contributed by atoms with Crippen LogP contribution in [0, 0.1) is 11.8 Å². The fourth-order valence-electron chi connectivity index (χ4n) is 3.08. The van der Waals surface area contributed by atoms with Crippen molar-refractivity contribution in [1.29, 1.82) is 0 Å². The number of hydrogen-bond donors (Lipinski definition) is 0. The van der Waals surface area contributed by atoms with Gasteiger partial charge in [0.25, 0.3) is 10.2 Å². The SMILES string of the molecule is CC(C)COC1CCN(S(=O)(=O)N2CCCC(C)C2)CC1. The monoisotopic (exact) mass is 318 g/mol. The van der Waals surface area contributed by atoms with Crippen molar-refractivity contribution in [3.05, 3.63) is 0 Å². The van der Waals surface area contributed by atoms with E-state index in [-0.39, 0.29) is 6.10 Å². The molecule has 0 N–H and O–H groups in total. The van der Waals surface area contributed by atoms with Gasteiger partial charge in [-0.3, -0.25) is 0 Å². The van der Waals surface area contributed by atoms with E-state index in [2.05, 4.69) is 20.8 Å². The Bertz CT molecular complexity index is 417. The van der Waals surface area contributed by atoms with E-state index in [0.29, 0.717) is 38.0 Å². The minimum atomic E-state index is -3.26. The van der Waals surface area contributed by atoms with Crippen molar-refractivity contribution in [1.82, 2.24) is 8.61 Å². The quantitative estimate of drug-likeness (QED) is 0.780. The molecule has 6 heteroatoms. The molecular weight excluding hydrogens is 288 g/mol. The van der Waals surface area contributed by atoms with Gasteiger partial charge in [0.05, 0.1) is 6.10 Å². The summed E-state index contributed by atoms with van der Waals surface area (Å²) in [6.45, 7) is 9.71. The van der Waals surface area contributed by atoms with Crippen LogP contribution in [0.25, 0.3) is 0 Å². The molecule has 0 radical (unpaired) electrons. The first-order valence-corrected chi connectivity index (χ1v) is 9.66. The van der Waals surface area contributed by atoms with Crippen molar-refractivity contribution in [2.75, 3.05) is 32.8 Å². The van der Waals surface area contributed by atoms with Gasteiger partial charge in [0.15, 0.2) is 0 Å². The zero-order chi connectivity index (χ0) is 15.5. The van der Waals surface area contributed by atoms with E-state index >= 15 is 0 Å². The van der Waals surface area contributed by atoms with Crippen LogP contribution in [-0.4, -0.2) is 55.9 Å². The Morgan fingerprint density at radius 2 is 1.76 bits per heavy atom. The molecule has 2 aliphatic rings. The predicted molar refractivity (Wildman–Crippen MR) is 84.3 cm³/mol. The summed E-state index contributed by atoms with van der Waals surface area (Å²) in [5.74, 6) is 1.00. The second-order valence-electron chi connectivity index (χ2n) is 6.94. The molecule has 0 bridgehead atoms. The van der Waals surface area contributed by atoms with E-state index in [1.54, 1.807) is 8.61 Å². The standard InChI is InChI=1S/C15H30N2O3S/c1-13(2)12-20-15-6-9-16(10-7-15)21(18,19)17-8-4-5-14(3)11-17/h13-15H,4-12H2,1-3H3. The summed E-state index contributed by atoms with van der Waals surface area (Å²) >= 11 is 0. The van der Waals surface area contributed by atoms with Crippen molar-refractivity contribution < 1.29 is 13.2 Å². The lowest BCUT2D eigenvalue weighted by Crippen LogP contribution is -2.50. The minimum absolute atomic E-state index is 0.221. The van der Waals surface area contributed by atoms with E-state index in [9.17, 15) is 8.42 Å². The average molecular weight is 318 g/mol. The molecule has 21 heavy (non-hydrogen) atoms. The Morgan fingerprint density at radius 3 is 2.33 bits per heavy atom. The van der Waals surface area contributed by atoms with Gasteiger partial charge in [-0.05, 0) is 37.5 Å². The third-order valence-corrected chi connectivity index (χ3v) is 6.34. The fourth-order valence-corrected chi connectivity index (χ4v) is 4.88. The predicted octanol–water partition coefficient (Wildman–Crippen LogP) is 2.10. The van der Waals surface area contributed by atoms with Gasteiger partial charge in [-0.25, -0.2) is 0 Å². The normalized spacial score (nSPS) is 27.3. The summed E-state index contributed by atoms with van der Waals surface area (Å²) in [4.78, 5) is 0. The second-order valence-corrected chi connectivity index (χ2v) is 8.87. The van der Waals surface area contributed by atoms with E-state index in [1.165, 1.54) is 0 Å². The van der Waals surface area contributed by atoms with Crippen LogP contribution in [0.1, 0.15) is 46.5 Å². The van der Waals surface area contributed by atoms with Crippen LogP contribution in [0.15, 0.2) is 0 Å². The lowest BCUT2D eigenvalue weighted by Gasteiger charge is -2.37. The number of piperidine rings is 2. The molecule has 2 fully saturated rings. The highest BCUT2D eigenvalue weighted by atomic mass is 32.2. The summed E-state index contributed by atoms with van der Waals surface area (Å²) in [5.41, 5.74) is 0. The zero-order valence-electron chi connectivity index (χ0n) is 13.6. The van der Waals surface area contributed by atoms with Gasteiger partial charge in [0.2, 0.25) is 0 Å². The molecule has 1 unspecified atom stereocenters. The summed E-state index contributed by atoms with van der Waals surface area (Å²) < 4.78 is 34.5. The molecule has 2 heterocycles. The number of hydrogen-bond acceptors (Lipinski definition) is 3. The van der Waals surface area contributed by atoms with Crippen molar-refractivity contribution >= 4 is 10.2 Å². The van der Waals surface area contributed by atoms with Crippen LogP contribution >= 0.6 is 0 Å². The molecule has 0 saturated carbocycles. The molecule has 5 nitrogen and oxygen atoms in total. The lowest BCUT2D eigenvalue weighted by molar-refractivity contribution is 0.00663. The largest absolute Gasteiger partial charge is 0.378 e. The lowest BCUT2D eigenvalue weighted by atomic mass is 10.0. The van der Waals surface area contributed by atoms with Crippen LogP contribution in [0.3, 0.4) is 0 Å². The number of ether oxygens (including phenoxy) is 1. The van der Waals surface area contributed by atoms with Crippen molar-refractivity contribution in [3.63, 3.8) is 0 Å². The topological polar surface area (TPSA) is 49.9 Å². The van der Waals surface area contributed by atoms with E-state index in [4.69, 9.17) is 4.74 Å². The summed E-state index contributed by atoms with van der Waals surface area (Å²) in [6.07, 6.45) is 3.97. The Balaban J connectivity index is 1.85. The molecule has 2 saturated heterocycles. The van der Waals surface area contributed by atoms with Crippen LogP contribution in [0.4, 0.5) is 0 Å². The van der Waals surface area contributed by atoms with Gasteiger partial charge in [0.1, 0.15) is 0 Å². The Labute approximate surface area is 129 Å². The molecule has 1 atom stereocenters. The van der Waals surface area contributed by atoms with Crippen molar-refractivity contribution in [2.45, 2.75) is 52.6 Å². The Morgan fingerprint density at radius 1 is 1.10 bits per heavy atom. The first kappa shape index (κ1) is 17.2. The van der Waals surface area contributed by atoms with Crippen molar-refractivity contribution in [2.24, 2.45) is 11.8 Å². The van der Waals surface area contributed by atoms with E-state index < -0.39 is 10.2 Å². The molecule has 2 rings (SSSR count). The van der Waals surface area contributed by atoms with Crippen LogP contribution < -0.4 is 0 Å². The molecule has 0 amide bonds. The highest BCUT2D eigenvalue weighted by Crippen LogP contribution is 2.24. The molecule has 0 aromatic carbocycles. The molecular formula is C15H30N2O3S. The first-order chi connectivity index (χ1) is 9.89. The van der Waals surface area contributed by atoms with Crippen molar-refractivity contribution in [3.8, 4) is 0 Å². The number of nitrogens with zero attached hydrogens (tertiary/aromatic N) is 2. The number of rotatable bonds is 5. The maximum absolute atomic E-state index is 12.7. The smallest absolute Gasteiger partial charge is 0.281 e. The highest BCUT2D eigenvalue weighted by Gasteiger charge is 2.34. The third-order valence-electron chi connectivity index (χ3n) is 4.34. The maximum Gasteiger partial charge on any atom is 0.281 e. The van der Waals surface area contributed by atoms with Gasteiger partial charge in [-0.15, -0.1) is 0 Å². The third kappa shape index (κ3) is 4.65. The average Bonchev–Trinajstić information content (AvgIpc) is 2.45. The second kappa shape index (κ2) is 7.40. The summed E-state index contributed by atoms with van der Waals surface area (Å²) in [7, 11) is -3.26. The van der Waals surface area contributed by atoms with E-state index in [0.717, 1.165) is 32.3 Å². The summed E-state index contributed by atoms with van der Waals surface area (Å²) in [5, 5.41) is 0. The van der Waals surface area contributed by atoms with Gasteiger partial charge in [0, 0.05) is 32.8 Å². The highest BCUT2D eigenvalue weighted by molar-refractivity contribution is 7.86. The molecule has 0 spiro atoms. The van der Waals surface area contributed by atoms with E-state index in [1.807, 2.05) is 0 Å². The van der Waals surface area contributed by atoms with Crippen LogP contribution in [0.5, 0.6) is 0 Å². The van der Waals surface area contributed by atoms with Gasteiger partial charge < -0.3 is 4.74 Å². The molecule has 0 aromatic rings. The summed E-state index contributed by atoms with van der Waals surface area (Å²) in [6, 6.07) is 0. The molecule has 0 aliphatic carbocycles.